The first-order valence-corrected chi connectivity index (χ1v) is 9.17. The van der Waals surface area contributed by atoms with Gasteiger partial charge in [0.05, 0.1) is 6.04 Å². The van der Waals surface area contributed by atoms with Gasteiger partial charge in [-0.1, -0.05) is 30.3 Å². The molecule has 1 aliphatic rings. The predicted octanol–water partition coefficient (Wildman–Crippen LogP) is 4.29. The van der Waals surface area contributed by atoms with E-state index < -0.39 is 0 Å². The molecular weight excluding hydrogens is 316 g/mol. The van der Waals surface area contributed by atoms with Crippen LogP contribution in [0.5, 0.6) is 0 Å². The lowest BCUT2D eigenvalue weighted by Gasteiger charge is -2.31. The highest BCUT2D eigenvalue weighted by Crippen LogP contribution is 2.25. The summed E-state index contributed by atoms with van der Waals surface area (Å²) in [6.07, 6.45) is 1.04. The van der Waals surface area contributed by atoms with Crippen molar-refractivity contribution in [2.75, 3.05) is 11.9 Å². The lowest BCUT2D eigenvalue weighted by atomic mass is 10.1. The number of carbonyl (C=O) groups excluding carboxylic acids is 1. The Kier molecular flexibility index (Phi) is 4.08. The fourth-order valence-electron chi connectivity index (χ4n) is 3.28. The molecule has 3 nitrogen and oxygen atoms in total. The summed E-state index contributed by atoms with van der Waals surface area (Å²) in [5.41, 5.74) is 2.23. The van der Waals surface area contributed by atoms with Gasteiger partial charge in [-0.25, -0.2) is 0 Å². The van der Waals surface area contributed by atoms with Gasteiger partial charge in [-0.3, -0.25) is 9.69 Å². The standard InChI is InChI=1S/C20H20N2OS/c1-14(22-10-8-19-17(13-22)9-11-24-19)20(23)21-18-7-6-15-4-2-3-5-16(15)12-18/h2-7,9,11-12,14H,8,10,13H2,1H3,(H,21,23). The maximum Gasteiger partial charge on any atom is 0.241 e. The SMILES string of the molecule is CC(C(=O)Nc1ccc2ccccc2c1)N1CCc2sccc2C1. The molecule has 2 heterocycles. The summed E-state index contributed by atoms with van der Waals surface area (Å²) < 4.78 is 0. The van der Waals surface area contributed by atoms with E-state index in [9.17, 15) is 4.79 Å². The number of anilines is 1. The van der Waals surface area contributed by atoms with Gasteiger partial charge in [0.2, 0.25) is 5.91 Å². The van der Waals surface area contributed by atoms with Gasteiger partial charge >= 0.3 is 0 Å². The molecular formula is C20H20N2OS. The zero-order chi connectivity index (χ0) is 16.5. The number of nitrogens with one attached hydrogen (secondary N) is 1. The summed E-state index contributed by atoms with van der Waals surface area (Å²) in [6.45, 7) is 3.80. The second-order valence-electron chi connectivity index (χ2n) is 6.32. The number of benzene rings is 2. The summed E-state index contributed by atoms with van der Waals surface area (Å²) in [5, 5.41) is 7.54. The molecule has 1 N–H and O–H groups in total. The van der Waals surface area contributed by atoms with Crippen LogP contribution < -0.4 is 5.32 Å². The van der Waals surface area contributed by atoms with Crippen molar-refractivity contribution in [1.29, 1.82) is 0 Å². The molecule has 1 aliphatic heterocycles. The topological polar surface area (TPSA) is 32.3 Å². The minimum absolute atomic E-state index is 0.0592. The van der Waals surface area contributed by atoms with Crippen molar-refractivity contribution in [3.63, 3.8) is 0 Å². The molecule has 1 atom stereocenters. The van der Waals surface area contributed by atoms with E-state index in [2.05, 4.69) is 33.8 Å². The molecule has 1 aromatic heterocycles. The van der Waals surface area contributed by atoms with E-state index >= 15 is 0 Å². The Morgan fingerprint density at radius 3 is 2.88 bits per heavy atom. The van der Waals surface area contributed by atoms with Crippen LogP contribution in [0.3, 0.4) is 0 Å². The lowest BCUT2D eigenvalue weighted by molar-refractivity contribution is -0.121. The van der Waals surface area contributed by atoms with E-state index in [4.69, 9.17) is 0 Å². The monoisotopic (exact) mass is 336 g/mol. The Hall–Kier alpha value is -2.17. The summed E-state index contributed by atoms with van der Waals surface area (Å²) >= 11 is 1.82. The average molecular weight is 336 g/mol. The van der Waals surface area contributed by atoms with Crippen LogP contribution in [0.1, 0.15) is 17.4 Å². The van der Waals surface area contributed by atoms with Crippen molar-refractivity contribution in [3.05, 3.63) is 64.4 Å². The molecule has 0 bridgehead atoms. The smallest absolute Gasteiger partial charge is 0.241 e. The van der Waals surface area contributed by atoms with Crippen LogP contribution in [-0.2, 0) is 17.8 Å². The fraction of sp³-hybridized carbons (Fsp3) is 0.250. The molecule has 0 spiro atoms. The molecule has 0 fully saturated rings. The molecule has 4 rings (SSSR count). The Bertz CT molecular complexity index is 886. The highest BCUT2D eigenvalue weighted by atomic mass is 32.1. The number of hydrogen-bond donors (Lipinski definition) is 1. The van der Waals surface area contributed by atoms with Crippen molar-refractivity contribution in [3.8, 4) is 0 Å². The van der Waals surface area contributed by atoms with Crippen LogP contribution in [0.4, 0.5) is 5.69 Å². The molecule has 24 heavy (non-hydrogen) atoms. The minimum atomic E-state index is -0.135. The normalized spacial score (nSPS) is 15.9. The Labute approximate surface area is 145 Å². The zero-order valence-corrected chi connectivity index (χ0v) is 14.5. The summed E-state index contributed by atoms with van der Waals surface area (Å²) in [4.78, 5) is 16.4. The molecule has 3 aromatic rings. The first kappa shape index (κ1) is 15.4. The highest BCUT2D eigenvalue weighted by molar-refractivity contribution is 7.10. The largest absolute Gasteiger partial charge is 0.325 e. The van der Waals surface area contributed by atoms with Crippen molar-refractivity contribution >= 4 is 33.7 Å². The van der Waals surface area contributed by atoms with Crippen LogP contribution >= 0.6 is 11.3 Å². The highest BCUT2D eigenvalue weighted by Gasteiger charge is 2.25. The second-order valence-corrected chi connectivity index (χ2v) is 7.32. The van der Waals surface area contributed by atoms with Gasteiger partial charge in [0.1, 0.15) is 0 Å². The van der Waals surface area contributed by atoms with Crippen LogP contribution in [0.15, 0.2) is 53.9 Å². The lowest BCUT2D eigenvalue weighted by Crippen LogP contribution is -2.44. The number of nitrogens with zero attached hydrogens (tertiary/aromatic N) is 1. The van der Waals surface area contributed by atoms with Gasteiger partial charge < -0.3 is 5.32 Å². The van der Waals surface area contributed by atoms with Gasteiger partial charge in [-0.2, -0.15) is 0 Å². The van der Waals surface area contributed by atoms with E-state index in [1.54, 1.807) is 0 Å². The van der Waals surface area contributed by atoms with E-state index in [0.717, 1.165) is 30.6 Å². The predicted molar refractivity (Wildman–Crippen MR) is 100 cm³/mol. The van der Waals surface area contributed by atoms with Gasteiger partial charge in [0.15, 0.2) is 0 Å². The summed E-state index contributed by atoms with van der Waals surface area (Å²) in [5.74, 6) is 0.0592. The third-order valence-electron chi connectivity index (χ3n) is 4.78. The number of hydrogen-bond acceptors (Lipinski definition) is 3. The first-order chi connectivity index (χ1) is 11.7. The molecule has 1 unspecified atom stereocenters. The molecule has 0 aliphatic carbocycles. The van der Waals surface area contributed by atoms with E-state index in [1.165, 1.54) is 15.8 Å². The van der Waals surface area contributed by atoms with Crippen LogP contribution in [-0.4, -0.2) is 23.4 Å². The number of amides is 1. The van der Waals surface area contributed by atoms with Gasteiger partial charge in [-0.15, -0.1) is 11.3 Å². The maximum atomic E-state index is 12.6. The number of carbonyl (C=O) groups is 1. The number of thiophene rings is 1. The van der Waals surface area contributed by atoms with E-state index in [1.807, 2.05) is 48.6 Å². The van der Waals surface area contributed by atoms with Gasteiger partial charge in [0.25, 0.3) is 0 Å². The molecule has 0 saturated carbocycles. The molecule has 4 heteroatoms. The van der Waals surface area contributed by atoms with Crippen molar-refractivity contribution in [1.82, 2.24) is 4.90 Å². The number of fused-ring (bicyclic) bond motifs is 2. The average Bonchev–Trinajstić information content (AvgIpc) is 3.08. The second kappa shape index (κ2) is 6.38. The minimum Gasteiger partial charge on any atom is -0.325 e. The van der Waals surface area contributed by atoms with Crippen molar-refractivity contribution in [2.45, 2.75) is 25.9 Å². The molecule has 0 saturated heterocycles. The Balaban J connectivity index is 1.47. The molecule has 2 aromatic carbocycles. The summed E-state index contributed by atoms with van der Waals surface area (Å²) in [7, 11) is 0. The quantitative estimate of drug-likeness (QED) is 0.774. The first-order valence-electron chi connectivity index (χ1n) is 8.30. The number of rotatable bonds is 3. The third kappa shape index (κ3) is 2.95. The van der Waals surface area contributed by atoms with E-state index in [-0.39, 0.29) is 11.9 Å². The van der Waals surface area contributed by atoms with Crippen molar-refractivity contribution in [2.24, 2.45) is 0 Å². The van der Waals surface area contributed by atoms with Crippen molar-refractivity contribution < 1.29 is 4.79 Å². The molecule has 122 valence electrons. The molecule has 0 radical (unpaired) electrons. The fourth-order valence-corrected chi connectivity index (χ4v) is 4.17. The van der Waals surface area contributed by atoms with Crippen LogP contribution in [0.25, 0.3) is 10.8 Å². The maximum absolute atomic E-state index is 12.6. The van der Waals surface area contributed by atoms with Gasteiger partial charge in [0, 0.05) is 23.7 Å². The Morgan fingerprint density at radius 2 is 2.00 bits per heavy atom. The Morgan fingerprint density at radius 1 is 1.17 bits per heavy atom. The zero-order valence-electron chi connectivity index (χ0n) is 13.7. The van der Waals surface area contributed by atoms with E-state index in [0.29, 0.717) is 0 Å². The molecule has 1 amide bonds. The van der Waals surface area contributed by atoms with Crippen LogP contribution in [0, 0.1) is 0 Å². The third-order valence-corrected chi connectivity index (χ3v) is 5.80. The van der Waals surface area contributed by atoms with Gasteiger partial charge in [-0.05, 0) is 53.3 Å². The summed E-state index contributed by atoms with van der Waals surface area (Å²) in [6, 6.07) is 16.3. The van der Waals surface area contributed by atoms with Crippen LogP contribution in [0.2, 0.25) is 0 Å².